The van der Waals surface area contributed by atoms with E-state index < -0.39 is 0 Å². The zero-order valence-corrected chi connectivity index (χ0v) is 12.6. The maximum Gasteiger partial charge on any atom is 0.305 e. The predicted octanol–water partition coefficient (Wildman–Crippen LogP) is 2.76. The first-order valence-corrected chi connectivity index (χ1v) is 8.14. The van der Waals surface area contributed by atoms with Gasteiger partial charge in [0, 0.05) is 25.9 Å². The molecule has 2 aliphatic rings. The van der Waals surface area contributed by atoms with Gasteiger partial charge in [-0.05, 0) is 38.0 Å². The van der Waals surface area contributed by atoms with E-state index >= 15 is 0 Å². The van der Waals surface area contributed by atoms with Crippen LogP contribution in [0.1, 0.15) is 58.3 Å². The molecule has 2 unspecified atom stereocenters. The van der Waals surface area contributed by atoms with Crippen LogP contribution in [-0.4, -0.2) is 36.5 Å². The monoisotopic (exact) mass is 281 g/mol. The van der Waals surface area contributed by atoms with Crippen molar-refractivity contribution in [3.05, 3.63) is 0 Å². The second-order valence-electron chi connectivity index (χ2n) is 6.09. The summed E-state index contributed by atoms with van der Waals surface area (Å²) >= 11 is 0. The van der Waals surface area contributed by atoms with Crippen LogP contribution in [0.3, 0.4) is 0 Å². The average Bonchev–Trinajstić information content (AvgIpc) is 2.47. The third-order valence-electron chi connectivity index (χ3n) is 4.72. The molecule has 2 fully saturated rings. The number of likely N-dealkylation sites (tertiary alicyclic amines) is 1. The summed E-state index contributed by atoms with van der Waals surface area (Å²) in [5, 5.41) is 0. The minimum absolute atomic E-state index is 0.189. The van der Waals surface area contributed by atoms with Gasteiger partial charge in [0.1, 0.15) is 0 Å². The average molecular weight is 281 g/mol. The summed E-state index contributed by atoms with van der Waals surface area (Å²) in [4.78, 5) is 25.5. The fraction of sp³-hybridized carbons (Fsp3) is 0.875. The number of ether oxygens (including phenoxy) is 1. The number of piperidine rings is 1. The lowest BCUT2D eigenvalue weighted by molar-refractivity contribution is -0.143. The quantitative estimate of drug-likeness (QED) is 0.728. The van der Waals surface area contributed by atoms with Crippen molar-refractivity contribution in [2.75, 3.05) is 19.7 Å². The number of hydrogen-bond donors (Lipinski definition) is 0. The van der Waals surface area contributed by atoms with E-state index in [1.807, 2.05) is 4.90 Å². The molecule has 0 spiro atoms. The van der Waals surface area contributed by atoms with Gasteiger partial charge in [-0.2, -0.15) is 0 Å². The second kappa shape index (κ2) is 7.65. The van der Waals surface area contributed by atoms with E-state index in [0.717, 1.165) is 24.9 Å². The topological polar surface area (TPSA) is 46.6 Å². The minimum Gasteiger partial charge on any atom is -0.466 e. The molecule has 0 aromatic heterocycles. The maximum atomic E-state index is 12.2. The van der Waals surface area contributed by atoms with Crippen LogP contribution in [0, 0.1) is 11.8 Å². The maximum absolute atomic E-state index is 12.2. The summed E-state index contributed by atoms with van der Waals surface area (Å²) in [6.45, 7) is 4.08. The van der Waals surface area contributed by atoms with Crippen molar-refractivity contribution < 1.29 is 14.3 Å². The SMILES string of the molecule is CCOC(=O)CCCC(=O)N1CCC2CCCCC2C1. The molecule has 1 aliphatic heterocycles. The van der Waals surface area contributed by atoms with Crippen LogP contribution in [-0.2, 0) is 14.3 Å². The van der Waals surface area contributed by atoms with Crippen LogP contribution >= 0.6 is 0 Å². The Morgan fingerprint density at radius 3 is 2.60 bits per heavy atom. The van der Waals surface area contributed by atoms with Crippen molar-refractivity contribution in [1.29, 1.82) is 0 Å². The fourth-order valence-corrected chi connectivity index (χ4v) is 3.60. The molecule has 114 valence electrons. The Labute approximate surface area is 121 Å². The fourth-order valence-electron chi connectivity index (χ4n) is 3.60. The first-order valence-electron chi connectivity index (χ1n) is 8.14. The highest BCUT2D eigenvalue weighted by atomic mass is 16.5. The molecular formula is C16H27NO3. The van der Waals surface area contributed by atoms with Gasteiger partial charge in [-0.15, -0.1) is 0 Å². The van der Waals surface area contributed by atoms with E-state index in [1.54, 1.807) is 6.92 Å². The van der Waals surface area contributed by atoms with E-state index in [-0.39, 0.29) is 11.9 Å². The summed E-state index contributed by atoms with van der Waals surface area (Å²) in [5.41, 5.74) is 0. The molecule has 1 heterocycles. The Hall–Kier alpha value is -1.06. The van der Waals surface area contributed by atoms with E-state index in [4.69, 9.17) is 4.74 Å². The van der Waals surface area contributed by atoms with Gasteiger partial charge >= 0.3 is 5.97 Å². The Bertz CT molecular complexity index is 343. The Kier molecular flexibility index (Phi) is 5.86. The van der Waals surface area contributed by atoms with Gasteiger partial charge in [0.05, 0.1) is 6.61 Å². The number of amides is 1. The second-order valence-corrected chi connectivity index (χ2v) is 6.09. The van der Waals surface area contributed by atoms with Gasteiger partial charge in [-0.1, -0.05) is 19.3 Å². The van der Waals surface area contributed by atoms with Gasteiger partial charge in [-0.25, -0.2) is 0 Å². The number of nitrogens with zero attached hydrogens (tertiary/aromatic N) is 1. The van der Waals surface area contributed by atoms with Crippen molar-refractivity contribution in [3.8, 4) is 0 Å². The molecule has 4 heteroatoms. The molecule has 2 rings (SSSR count). The first-order chi connectivity index (χ1) is 9.70. The summed E-state index contributed by atoms with van der Waals surface area (Å²) in [5.74, 6) is 1.61. The number of carbonyl (C=O) groups is 2. The Morgan fingerprint density at radius 2 is 1.85 bits per heavy atom. The molecule has 0 radical (unpaired) electrons. The number of esters is 1. The molecule has 1 amide bonds. The molecular weight excluding hydrogens is 254 g/mol. The molecule has 0 bridgehead atoms. The van der Waals surface area contributed by atoms with Crippen LogP contribution in [0.25, 0.3) is 0 Å². The summed E-state index contributed by atoms with van der Waals surface area (Å²) in [6.07, 6.45) is 7.97. The molecule has 0 aromatic carbocycles. The number of carbonyl (C=O) groups excluding carboxylic acids is 2. The van der Waals surface area contributed by atoms with Gasteiger partial charge in [0.15, 0.2) is 0 Å². The highest BCUT2D eigenvalue weighted by Crippen LogP contribution is 2.36. The third kappa shape index (κ3) is 4.22. The Morgan fingerprint density at radius 1 is 1.10 bits per heavy atom. The smallest absolute Gasteiger partial charge is 0.305 e. The van der Waals surface area contributed by atoms with Crippen LogP contribution in [0.2, 0.25) is 0 Å². The molecule has 1 aliphatic carbocycles. The highest BCUT2D eigenvalue weighted by molar-refractivity contribution is 5.77. The predicted molar refractivity (Wildman–Crippen MR) is 77.1 cm³/mol. The van der Waals surface area contributed by atoms with Gasteiger partial charge < -0.3 is 9.64 Å². The molecule has 1 saturated carbocycles. The lowest BCUT2D eigenvalue weighted by atomic mass is 9.75. The van der Waals surface area contributed by atoms with Crippen LogP contribution in [0.5, 0.6) is 0 Å². The van der Waals surface area contributed by atoms with Gasteiger partial charge in [0.25, 0.3) is 0 Å². The van der Waals surface area contributed by atoms with Crippen molar-refractivity contribution in [3.63, 3.8) is 0 Å². The Balaban J connectivity index is 1.69. The standard InChI is InChI=1S/C16H27NO3/c1-2-20-16(19)9-5-8-15(18)17-11-10-13-6-3-4-7-14(13)12-17/h13-14H,2-12H2,1H3. The van der Waals surface area contributed by atoms with Crippen molar-refractivity contribution >= 4 is 11.9 Å². The van der Waals surface area contributed by atoms with Crippen LogP contribution < -0.4 is 0 Å². The normalized spacial score (nSPS) is 25.9. The zero-order valence-electron chi connectivity index (χ0n) is 12.6. The molecule has 1 saturated heterocycles. The van der Waals surface area contributed by atoms with E-state index in [9.17, 15) is 9.59 Å². The molecule has 0 N–H and O–H groups in total. The first kappa shape index (κ1) is 15.3. The van der Waals surface area contributed by atoms with Crippen LogP contribution in [0.4, 0.5) is 0 Å². The lowest BCUT2D eigenvalue weighted by Gasteiger charge is -2.41. The number of hydrogen-bond acceptors (Lipinski definition) is 3. The van der Waals surface area contributed by atoms with E-state index in [1.165, 1.54) is 32.1 Å². The van der Waals surface area contributed by atoms with Crippen molar-refractivity contribution in [1.82, 2.24) is 4.90 Å². The van der Waals surface area contributed by atoms with E-state index in [2.05, 4.69) is 0 Å². The minimum atomic E-state index is -0.189. The molecule has 2 atom stereocenters. The highest BCUT2D eigenvalue weighted by Gasteiger charge is 2.32. The zero-order chi connectivity index (χ0) is 14.4. The van der Waals surface area contributed by atoms with E-state index in [0.29, 0.717) is 25.9 Å². The third-order valence-corrected chi connectivity index (χ3v) is 4.72. The lowest BCUT2D eigenvalue weighted by Crippen LogP contribution is -2.44. The van der Waals surface area contributed by atoms with Gasteiger partial charge in [-0.3, -0.25) is 9.59 Å². The molecule has 0 aromatic rings. The summed E-state index contributed by atoms with van der Waals surface area (Å²) in [6, 6.07) is 0. The number of rotatable bonds is 5. The van der Waals surface area contributed by atoms with Crippen molar-refractivity contribution in [2.45, 2.75) is 58.3 Å². The molecule has 20 heavy (non-hydrogen) atoms. The van der Waals surface area contributed by atoms with Crippen LogP contribution in [0.15, 0.2) is 0 Å². The summed E-state index contributed by atoms with van der Waals surface area (Å²) < 4.78 is 4.88. The molecule has 4 nitrogen and oxygen atoms in total. The van der Waals surface area contributed by atoms with Gasteiger partial charge in [0.2, 0.25) is 5.91 Å². The van der Waals surface area contributed by atoms with Crippen molar-refractivity contribution in [2.24, 2.45) is 11.8 Å². The number of fused-ring (bicyclic) bond motifs is 1. The largest absolute Gasteiger partial charge is 0.466 e. The summed E-state index contributed by atoms with van der Waals surface area (Å²) in [7, 11) is 0.